The minimum atomic E-state index is -3.74. The molecule has 4 rings (SSSR count). The van der Waals surface area contributed by atoms with Crippen molar-refractivity contribution in [3.05, 3.63) is 69.9 Å². The summed E-state index contributed by atoms with van der Waals surface area (Å²) in [6.45, 7) is 4.33. The zero-order chi connectivity index (χ0) is 20.6. The van der Waals surface area contributed by atoms with Gasteiger partial charge in [0.15, 0.2) is 0 Å². The molecule has 7 heteroatoms. The maximum absolute atomic E-state index is 13.2. The minimum absolute atomic E-state index is 0.147. The standard InChI is InChI=1S/C22H21NO4S2/c1-3-27-18-7-5-4-6-16(18)17-12-20(24)23-21-19(13-28-22(17)21)29(25,26)15-10-8-14(2)9-11-15/h4-11,13,17H,3,12H2,1-2H3,(H,23,24). The number of benzene rings is 2. The van der Waals surface area contributed by atoms with Gasteiger partial charge in [-0.05, 0) is 32.0 Å². The molecule has 29 heavy (non-hydrogen) atoms. The predicted molar refractivity (Wildman–Crippen MR) is 114 cm³/mol. The number of fused-ring (bicyclic) bond motifs is 1. The molecule has 0 aliphatic carbocycles. The highest BCUT2D eigenvalue weighted by atomic mass is 32.2. The maximum Gasteiger partial charge on any atom is 0.225 e. The number of thiophene rings is 1. The van der Waals surface area contributed by atoms with Gasteiger partial charge in [-0.1, -0.05) is 35.9 Å². The van der Waals surface area contributed by atoms with E-state index in [1.54, 1.807) is 29.6 Å². The highest BCUT2D eigenvalue weighted by Crippen LogP contribution is 2.47. The van der Waals surface area contributed by atoms with Crippen molar-refractivity contribution in [1.82, 2.24) is 0 Å². The topological polar surface area (TPSA) is 72.5 Å². The van der Waals surface area contributed by atoms with Gasteiger partial charge < -0.3 is 10.1 Å². The molecule has 1 aliphatic rings. The van der Waals surface area contributed by atoms with Gasteiger partial charge in [-0.3, -0.25) is 4.79 Å². The molecular formula is C22H21NO4S2. The van der Waals surface area contributed by atoms with E-state index in [2.05, 4.69) is 5.32 Å². The SMILES string of the molecule is CCOc1ccccc1C1CC(=O)Nc2c(S(=O)(=O)c3ccc(C)cc3)csc21. The molecule has 1 aliphatic heterocycles. The van der Waals surface area contributed by atoms with Crippen LogP contribution in [0.2, 0.25) is 0 Å². The van der Waals surface area contributed by atoms with Crippen LogP contribution in [0.5, 0.6) is 5.75 Å². The number of carbonyl (C=O) groups excluding carboxylic acids is 1. The van der Waals surface area contributed by atoms with Crippen molar-refractivity contribution in [3.8, 4) is 5.75 Å². The van der Waals surface area contributed by atoms with E-state index in [0.29, 0.717) is 12.3 Å². The molecule has 5 nitrogen and oxygen atoms in total. The van der Waals surface area contributed by atoms with Gasteiger partial charge in [0.1, 0.15) is 10.6 Å². The first-order valence-corrected chi connectivity index (χ1v) is 11.7. The molecule has 1 aromatic heterocycles. The number of nitrogens with one attached hydrogen (secondary N) is 1. The van der Waals surface area contributed by atoms with Crippen LogP contribution in [0.3, 0.4) is 0 Å². The molecule has 2 heterocycles. The number of hydrogen-bond donors (Lipinski definition) is 1. The van der Waals surface area contributed by atoms with Crippen LogP contribution < -0.4 is 10.1 Å². The van der Waals surface area contributed by atoms with Gasteiger partial charge in [-0.25, -0.2) is 8.42 Å². The van der Waals surface area contributed by atoms with Crippen molar-refractivity contribution in [2.75, 3.05) is 11.9 Å². The molecule has 0 saturated carbocycles. The predicted octanol–water partition coefficient (Wildman–Crippen LogP) is 4.76. The van der Waals surface area contributed by atoms with Crippen molar-refractivity contribution in [1.29, 1.82) is 0 Å². The molecule has 1 N–H and O–H groups in total. The smallest absolute Gasteiger partial charge is 0.225 e. The largest absolute Gasteiger partial charge is 0.494 e. The number of hydrogen-bond acceptors (Lipinski definition) is 5. The molecule has 3 aromatic rings. The number of amides is 1. The lowest BCUT2D eigenvalue weighted by Crippen LogP contribution is -2.23. The van der Waals surface area contributed by atoms with Crippen molar-refractivity contribution in [3.63, 3.8) is 0 Å². The Morgan fingerprint density at radius 1 is 1.14 bits per heavy atom. The van der Waals surface area contributed by atoms with Crippen LogP contribution in [0, 0.1) is 6.92 Å². The fraction of sp³-hybridized carbons (Fsp3) is 0.227. The second-order valence-electron chi connectivity index (χ2n) is 6.93. The van der Waals surface area contributed by atoms with Crippen LogP contribution in [-0.4, -0.2) is 20.9 Å². The van der Waals surface area contributed by atoms with Gasteiger partial charge in [-0.15, -0.1) is 11.3 Å². The summed E-state index contributed by atoms with van der Waals surface area (Å²) in [7, 11) is -3.74. The van der Waals surface area contributed by atoms with E-state index < -0.39 is 9.84 Å². The van der Waals surface area contributed by atoms with E-state index in [0.717, 1.165) is 21.8 Å². The van der Waals surface area contributed by atoms with Crippen LogP contribution in [0.4, 0.5) is 5.69 Å². The Hall–Kier alpha value is -2.64. The second-order valence-corrected chi connectivity index (χ2v) is 9.76. The Bertz CT molecular complexity index is 1160. The number of ether oxygens (including phenoxy) is 1. The molecule has 0 spiro atoms. The maximum atomic E-state index is 13.2. The molecular weight excluding hydrogens is 406 g/mol. The van der Waals surface area contributed by atoms with Crippen LogP contribution in [0.15, 0.2) is 63.7 Å². The highest BCUT2D eigenvalue weighted by Gasteiger charge is 2.35. The summed E-state index contributed by atoms with van der Waals surface area (Å²) < 4.78 is 32.2. The van der Waals surface area contributed by atoms with Crippen molar-refractivity contribution in [2.45, 2.75) is 36.0 Å². The lowest BCUT2D eigenvalue weighted by atomic mass is 9.90. The van der Waals surface area contributed by atoms with Crippen molar-refractivity contribution < 1.29 is 17.9 Å². The Morgan fingerprint density at radius 2 is 1.86 bits per heavy atom. The Kier molecular flexibility index (Phi) is 5.19. The number of sulfone groups is 1. The average Bonchev–Trinajstić information content (AvgIpc) is 3.13. The van der Waals surface area contributed by atoms with Crippen LogP contribution in [0.1, 0.15) is 35.3 Å². The lowest BCUT2D eigenvalue weighted by Gasteiger charge is -2.25. The molecule has 0 bridgehead atoms. The quantitative estimate of drug-likeness (QED) is 0.637. The first kappa shape index (κ1) is 19.7. The Labute approximate surface area is 174 Å². The van der Waals surface area contributed by atoms with E-state index in [1.807, 2.05) is 38.1 Å². The molecule has 1 atom stereocenters. The number of anilines is 1. The third-order valence-electron chi connectivity index (χ3n) is 4.97. The summed E-state index contributed by atoms with van der Waals surface area (Å²) in [6, 6.07) is 14.3. The molecule has 0 fully saturated rings. The summed E-state index contributed by atoms with van der Waals surface area (Å²) in [5.74, 6) is 0.276. The van der Waals surface area contributed by atoms with E-state index in [1.165, 1.54) is 11.3 Å². The lowest BCUT2D eigenvalue weighted by molar-refractivity contribution is -0.116. The van der Waals surface area contributed by atoms with Gasteiger partial charge in [0, 0.05) is 28.2 Å². The molecule has 1 unspecified atom stereocenters. The number of aryl methyl sites for hydroxylation is 1. The molecule has 0 saturated heterocycles. The van der Waals surface area contributed by atoms with Gasteiger partial charge in [0.05, 0.1) is 17.2 Å². The van der Waals surface area contributed by atoms with Crippen molar-refractivity contribution >= 4 is 32.8 Å². The van der Waals surface area contributed by atoms with Gasteiger partial charge in [-0.2, -0.15) is 0 Å². The Morgan fingerprint density at radius 3 is 2.59 bits per heavy atom. The van der Waals surface area contributed by atoms with E-state index in [-0.39, 0.29) is 28.0 Å². The fourth-order valence-corrected chi connectivity index (χ4v) is 6.45. The second kappa shape index (κ2) is 7.65. The van der Waals surface area contributed by atoms with E-state index >= 15 is 0 Å². The molecule has 1 amide bonds. The summed E-state index contributed by atoms with van der Waals surface area (Å²) in [5.41, 5.74) is 2.27. The minimum Gasteiger partial charge on any atom is -0.494 e. The summed E-state index contributed by atoms with van der Waals surface area (Å²) >= 11 is 1.36. The molecule has 0 radical (unpaired) electrons. The zero-order valence-corrected chi connectivity index (χ0v) is 17.8. The number of rotatable bonds is 5. The number of para-hydroxylation sites is 1. The normalized spacial score (nSPS) is 16.2. The highest BCUT2D eigenvalue weighted by molar-refractivity contribution is 7.91. The van der Waals surface area contributed by atoms with E-state index in [9.17, 15) is 13.2 Å². The third kappa shape index (κ3) is 3.56. The summed E-state index contributed by atoms with van der Waals surface area (Å²) in [6.07, 6.45) is 0.252. The van der Waals surface area contributed by atoms with Gasteiger partial charge in [0.25, 0.3) is 0 Å². The number of carbonyl (C=O) groups is 1. The van der Waals surface area contributed by atoms with E-state index in [4.69, 9.17) is 4.74 Å². The first-order chi connectivity index (χ1) is 13.9. The third-order valence-corrected chi connectivity index (χ3v) is 8.01. The molecule has 2 aromatic carbocycles. The van der Waals surface area contributed by atoms with Crippen LogP contribution in [0.25, 0.3) is 0 Å². The average molecular weight is 428 g/mol. The molecule has 150 valence electrons. The van der Waals surface area contributed by atoms with Crippen molar-refractivity contribution in [2.24, 2.45) is 0 Å². The Balaban J connectivity index is 1.82. The first-order valence-electron chi connectivity index (χ1n) is 9.36. The van der Waals surface area contributed by atoms with Crippen LogP contribution in [-0.2, 0) is 14.6 Å². The fourth-order valence-electron chi connectivity index (χ4n) is 3.55. The van der Waals surface area contributed by atoms with Gasteiger partial charge >= 0.3 is 0 Å². The van der Waals surface area contributed by atoms with Crippen LogP contribution >= 0.6 is 11.3 Å². The summed E-state index contributed by atoms with van der Waals surface area (Å²) in [4.78, 5) is 13.7. The summed E-state index contributed by atoms with van der Waals surface area (Å²) in [5, 5.41) is 4.43. The van der Waals surface area contributed by atoms with Gasteiger partial charge in [0.2, 0.25) is 15.7 Å². The monoisotopic (exact) mass is 427 g/mol. The zero-order valence-electron chi connectivity index (χ0n) is 16.1.